The highest BCUT2D eigenvalue weighted by atomic mass is 16.7. The number of amides is 2. The van der Waals surface area contributed by atoms with Crippen LogP contribution in [0.2, 0.25) is 0 Å². The second-order valence-corrected chi connectivity index (χ2v) is 8.05. The number of carbonyl (C=O) groups excluding carboxylic acids is 2. The summed E-state index contributed by atoms with van der Waals surface area (Å²) in [4.78, 5) is 27.1. The van der Waals surface area contributed by atoms with E-state index in [4.69, 9.17) is 19.6 Å². The van der Waals surface area contributed by atoms with Crippen molar-refractivity contribution in [3.05, 3.63) is 59.7 Å². The van der Waals surface area contributed by atoms with Gasteiger partial charge in [0, 0.05) is 12.0 Å². The van der Waals surface area contributed by atoms with Gasteiger partial charge in [0.15, 0.2) is 5.79 Å². The topological polar surface area (TPSA) is 101 Å². The molecule has 2 amide bonds. The molecule has 2 aliphatic heterocycles. The van der Waals surface area contributed by atoms with Crippen LogP contribution >= 0.6 is 0 Å². The quantitative estimate of drug-likeness (QED) is 0.552. The Kier molecular flexibility index (Phi) is 6.25. The number of ether oxygens (including phenoxy) is 3. The number of aryl methyl sites for hydroxylation is 1. The standard InChI is InChI=1S/C24H27N3O5/c1-16-6-8-17(9-7-16)18-4-3-5-19(12-18)23(29)26-14-21(28)27-15-24(31-10-11-32-24)13-20(27)22(25)30-2/h3-9,12,20,25H,10-11,13-15H2,1-2H3,(H,26,29)/t20-/m0/s1. The van der Waals surface area contributed by atoms with Crippen molar-refractivity contribution >= 4 is 17.7 Å². The minimum absolute atomic E-state index is 0.0357. The van der Waals surface area contributed by atoms with Crippen LogP contribution in [0.5, 0.6) is 0 Å². The molecule has 0 radical (unpaired) electrons. The van der Waals surface area contributed by atoms with E-state index in [9.17, 15) is 9.59 Å². The van der Waals surface area contributed by atoms with Gasteiger partial charge in [-0.15, -0.1) is 0 Å². The van der Waals surface area contributed by atoms with E-state index in [1.54, 1.807) is 12.1 Å². The third-order valence-corrected chi connectivity index (χ3v) is 5.86. The first-order valence-electron chi connectivity index (χ1n) is 10.6. The number of rotatable bonds is 5. The van der Waals surface area contributed by atoms with Gasteiger partial charge in [-0.2, -0.15) is 0 Å². The predicted molar refractivity (Wildman–Crippen MR) is 118 cm³/mol. The first-order valence-corrected chi connectivity index (χ1v) is 10.6. The molecule has 2 aliphatic rings. The third kappa shape index (κ3) is 4.51. The summed E-state index contributed by atoms with van der Waals surface area (Å²) in [6.45, 7) is 2.92. The van der Waals surface area contributed by atoms with Gasteiger partial charge in [-0.05, 0) is 30.2 Å². The Labute approximate surface area is 187 Å². The monoisotopic (exact) mass is 437 g/mol. The van der Waals surface area contributed by atoms with E-state index >= 15 is 0 Å². The lowest BCUT2D eigenvalue weighted by atomic mass is 10.0. The summed E-state index contributed by atoms with van der Waals surface area (Å²) in [5, 5.41) is 10.8. The fourth-order valence-electron chi connectivity index (χ4n) is 4.12. The Morgan fingerprint density at radius 1 is 1.16 bits per heavy atom. The van der Waals surface area contributed by atoms with Crippen LogP contribution in [0.4, 0.5) is 0 Å². The summed E-state index contributed by atoms with van der Waals surface area (Å²) < 4.78 is 16.5. The maximum Gasteiger partial charge on any atom is 0.251 e. The zero-order chi connectivity index (χ0) is 22.7. The number of benzene rings is 2. The van der Waals surface area contributed by atoms with E-state index in [1.165, 1.54) is 12.0 Å². The smallest absolute Gasteiger partial charge is 0.251 e. The van der Waals surface area contributed by atoms with Gasteiger partial charge in [0.1, 0.15) is 6.04 Å². The van der Waals surface area contributed by atoms with Crippen LogP contribution in [0.3, 0.4) is 0 Å². The highest BCUT2D eigenvalue weighted by Crippen LogP contribution is 2.35. The Bertz CT molecular complexity index is 1010. The zero-order valence-corrected chi connectivity index (χ0v) is 18.2. The van der Waals surface area contributed by atoms with Gasteiger partial charge >= 0.3 is 0 Å². The summed E-state index contributed by atoms with van der Waals surface area (Å²) >= 11 is 0. The number of nitrogens with one attached hydrogen (secondary N) is 2. The van der Waals surface area contributed by atoms with E-state index in [0.717, 1.165) is 16.7 Å². The lowest BCUT2D eigenvalue weighted by molar-refractivity contribution is -0.152. The molecule has 2 heterocycles. The molecule has 2 aromatic carbocycles. The molecule has 0 aliphatic carbocycles. The van der Waals surface area contributed by atoms with E-state index in [0.29, 0.717) is 25.2 Å². The second kappa shape index (κ2) is 9.10. The Hall–Kier alpha value is -3.23. The minimum Gasteiger partial charge on any atom is -0.483 e. The highest BCUT2D eigenvalue weighted by Gasteiger charge is 2.51. The lowest BCUT2D eigenvalue weighted by Crippen LogP contribution is -2.46. The van der Waals surface area contributed by atoms with Gasteiger partial charge in [-0.25, -0.2) is 0 Å². The predicted octanol–water partition coefficient (Wildman–Crippen LogP) is 2.36. The first-order chi connectivity index (χ1) is 15.4. The maximum atomic E-state index is 12.9. The molecule has 4 rings (SSSR count). The molecule has 2 fully saturated rings. The third-order valence-electron chi connectivity index (χ3n) is 5.86. The molecule has 2 N–H and O–H groups in total. The summed E-state index contributed by atoms with van der Waals surface area (Å²) in [5.74, 6) is -1.60. The normalized spacial score (nSPS) is 19.2. The van der Waals surface area contributed by atoms with E-state index in [2.05, 4.69) is 5.32 Å². The fraction of sp³-hybridized carbons (Fsp3) is 0.375. The van der Waals surface area contributed by atoms with Crippen molar-refractivity contribution in [2.45, 2.75) is 25.2 Å². The van der Waals surface area contributed by atoms with Crippen LogP contribution in [-0.4, -0.2) is 67.9 Å². The summed E-state index contributed by atoms with van der Waals surface area (Å²) in [6.07, 6.45) is 0.331. The van der Waals surface area contributed by atoms with E-state index < -0.39 is 11.8 Å². The Morgan fingerprint density at radius 2 is 1.88 bits per heavy atom. The van der Waals surface area contributed by atoms with Crippen molar-refractivity contribution < 1.29 is 23.8 Å². The van der Waals surface area contributed by atoms with Gasteiger partial charge < -0.3 is 24.4 Å². The van der Waals surface area contributed by atoms with Gasteiger partial charge in [-0.3, -0.25) is 15.0 Å². The Morgan fingerprint density at radius 3 is 2.56 bits per heavy atom. The molecule has 0 saturated carbocycles. The Balaban J connectivity index is 1.42. The number of hydrogen-bond acceptors (Lipinski definition) is 6. The highest BCUT2D eigenvalue weighted by molar-refractivity contribution is 5.98. The molecule has 168 valence electrons. The van der Waals surface area contributed by atoms with E-state index in [-0.39, 0.29) is 30.8 Å². The van der Waals surface area contributed by atoms with Gasteiger partial charge in [0.25, 0.3) is 5.91 Å². The van der Waals surface area contributed by atoms with Gasteiger partial charge in [0.2, 0.25) is 11.8 Å². The van der Waals surface area contributed by atoms with E-state index in [1.807, 2.05) is 43.3 Å². The average Bonchev–Trinajstić information content (AvgIpc) is 3.44. The zero-order valence-electron chi connectivity index (χ0n) is 18.2. The molecule has 0 unspecified atom stereocenters. The molecule has 1 spiro atoms. The molecule has 1 atom stereocenters. The first kappa shape index (κ1) is 22.0. The average molecular weight is 437 g/mol. The van der Waals surface area contributed by atoms with Crippen LogP contribution in [0, 0.1) is 12.3 Å². The van der Waals surface area contributed by atoms with Crippen LogP contribution < -0.4 is 5.32 Å². The van der Waals surface area contributed by atoms with Crippen LogP contribution in [0.15, 0.2) is 48.5 Å². The second-order valence-electron chi connectivity index (χ2n) is 8.05. The van der Waals surface area contributed by atoms with Crippen LogP contribution in [0.1, 0.15) is 22.3 Å². The molecule has 8 nitrogen and oxygen atoms in total. The number of carbonyl (C=O) groups is 2. The van der Waals surface area contributed by atoms with Gasteiger partial charge in [-0.1, -0.05) is 42.0 Å². The number of likely N-dealkylation sites (tertiary alicyclic amines) is 1. The molecular weight excluding hydrogens is 410 g/mol. The largest absolute Gasteiger partial charge is 0.483 e. The van der Waals surface area contributed by atoms with Crippen molar-refractivity contribution in [1.29, 1.82) is 5.41 Å². The van der Waals surface area contributed by atoms with Gasteiger partial charge in [0.05, 0.1) is 33.4 Å². The van der Waals surface area contributed by atoms with Crippen molar-refractivity contribution in [3.63, 3.8) is 0 Å². The molecule has 0 bridgehead atoms. The SMILES string of the molecule is COC(=N)[C@@H]1CC2(CN1C(=O)CNC(=O)c1cccc(-c3ccc(C)cc3)c1)OCCO2. The molecular formula is C24H27N3O5. The van der Waals surface area contributed by atoms with Crippen LogP contribution in [0.25, 0.3) is 11.1 Å². The molecule has 2 aromatic rings. The maximum absolute atomic E-state index is 12.9. The number of hydrogen-bond donors (Lipinski definition) is 2. The summed E-state index contributed by atoms with van der Waals surface area (Å²) in [7, 11) is 1.40. The van der Waals surface area contributed by atoms with Crippen molar-refractivity contribution in [2.24, 2.45) is 0 Å². The number of nitrogens with zero attached hydrogens (tertiary/aromatic N) is 1. The van der Waals surface area contributed by atoms with Crippen LogP contribution in [-0.2, 0) is 19.0 Å². The summed E-state index contributed by atoms with van der Waals surface area (Å²) in [5.41, 5.74) is 3.58. The molecule has 0 aromatic heterocycles. The van der Waals surface area contributed by atoms with Crippen molar-refractivity contribution in [1.82, 2.24) is 10.2 Å². The fourth-order valence-corrected chi connectivity index (χ4v) is 4.12. The molecule has 2 saturated heterocycles. The minimum atomic E-state index is -0.905. The number of methoxy groups -OCH3 is 1. The lowest BCUT2D eigenvalue weighted by Gasteiger charge is -2.24. The summed E-state index contributed by atoms with van der Waals surface area (Å²) in [6, 6.07) is 14.8. The molecule has 32 heavy (non-hydrogen) atoms. The van der Waals surface area contributed by atoms with Crippen molar-refractivity contribution in [2.75, 3.05) is 33.4 Å². The van der Waals surface area contributed by atoms with Crippen molar-refractivity contribution in [3.8, 4) is 11.1 Å². The molecule has 8 heteroatoms.